The average Bonchev–Trinajstić information content (AvgIpc) is 2.85. The molecule has 10 heteroatoms. The molecule has 1 aliphatic rings. The van der Waals surface area contributed by atoms with Gasteiger partial charge in [-0.3, -0.25) is 13.9 Å². The van der Waals surface area contributed by atoms with Gasteiger partial charge in [0.05, 0.1) is 22.0 Å². The van der Waals surface area contributed by atoms with Gasteiger partial charge in [-0.2, -0.15) is 0 Å². The first-order valence-corrected chi connectivity index (χ1v) is 14.7. The smallest absolute Gasteiger partial charge is 0.244 e. The topological polar surface area (TPSA) is 86.8 Å². The fraction of sp³-hybridized carbons (Fsp3) is 0.462. The van der Waals surface area contributed by atoms with Gasteiger partial charge < -0.3 is 10.2 Å². The number of hydrogen-bond donors (Lipinski definition) is 1. The Morgan fingerprint density at radius 3 is 2.33 bits per heavy atom. The number of anilines is 1. The highest BCUT2D eigenvalue weighted by Crippen LogP contribution is 2.33. The average molecular weight is 555 g/mol. The van der Waals surface area contributed by atoms with Gasteiger partial charge in [-0.25, -0.2) is 8.42 Å². The summed E-state index contributed by atoms with van der Waals surface area (Å²) in [7, 11) is -3.88. The summed E-state index contributed by atoms with van der Waals surface area (Å²) in [6.45, 7) is 1.43. The van der Waals surface area contributed by atoms with Crippen LogP contribution in [0.1, 0.15) is 44.6 Å². The zero-order valence-electron chi connectivity index (χ0n) is 20.6. The molecule has 1 aliphatic carbocycles. The highest BCUT2D eigenvalue weighted by Gasteiger charge is 2.31. The van der Waals surface area contributed by atoms with Gasteiger partial charge in [-0.1, -0.05) is 78.9 Å². The van der Waals surface area contributed by atoms with Gasteiger partial charge in [-0.15, -0.1) is 0 Å². The van der Waals surface area contributed by atoms with Crippen LogP contribution >= 0.6 is 23.2 Å². The lowest BCUT2D eigenvalue weighted by Gasteiger charge is -2.33. The molecule has 3 rings (SSSR count). The predicted molar refractivity (Wildman–Crippen MR) is 145 cm³/mol. The first-order chi connectivity index (χ1) is 17.1. The normalized spacial score (nSPS) is 15.2. The van der Waals surface area contributed by atoms with Gasteiger partial charge in [0.1, 0.15) is 12.6 Å². The van der Waals surface area contributed by atoms with Crippen LogP contribution in [-0.4, -0.2) is 56.6 Å². The van der Waals surface area contributed by atoms with Crippen LogP contribution < -0.4 is 9.62 Å². The SMILES string of the molecule is C[C@@H](C(=O)NC1CCCCC1)N(CCc1ccccc1)C(=O)CN(c1cccc(Cl)c1Cl)S(C)(=O)=O. The molecule has 1 atom stereocenters. The van der Waals surface area contributed by atoms with Gasteiger partial charge in [0, 0.05) is 12.6 Å². The lowest BCUT2D eigenvalue weighted by molar-refractivity contribution is -0.139. The zero-order chi connectivity index (χ0) is 26.3. The van der Waals surface area contributed by atoms with Crippen molar-refractivity contribution in [2.24, 2.45) is 0 Å². The van der Waals surface area contributed by atoms with Crippen molar-refractivity contribution in [2.45, 2.75) is 57.5 Å². The molecule has 0 aromatic heterocycles. The minimum atomic E-state index is -3.88. The van der Waals surface area contributed by atoms with Gasteiger partial charge in [0.25, 0.3) is 0 Å². The molecule has 0 saturated heterocycles. The molecule has 2 aromatic rings. The van der Waals surface area contributed by atoms with Gasteiger partial charge in [0.15, 0.2) is 0 Å². The summed E-state index contributed by atoms with van der Waals surface area (Å²) >= 11 is 12.4. The Kier molecular flexibility index (Phi) is 10.0. The molecule has 2 aromatic carbocycles. The number of amides is 2. The van der Waals surface area contributed by atoms with Crippen molar-refractivity contribution in [3.63, 3.8) is 0 Å². The summed E-state index contributed by atoms with van der Waals surface area (Å²) in [6, 6.07) is 13.5. The molecule has 0 spiro atoms. The summed E-state index contributed by atoms with van der Waals surface area (Å²) in [4.78, 5) is 28.2. The zero-order valence-corrected chi connectivity index (χ0v) is 23.0. The summed E-state index contributed by atoms with van der Waals surface area (Å²) < 4.78 is 26.3. The van der Waals surface area contributed by atoms with Crippen LogP contribution in [0.15, 0.2) is 48.5 Å². The van der Waals surface area contributed by atoms with E-state index >= 15 is 0 Å². The summed E-state index contributed by atoms with van der Waals surface area (Å²) in [5.74, 6) is -0.742. The maximum Gasteiger partial charge on any atom is 0.244 e. The number of hydrogen-bond acceptors (Lipinski definition) is 4. The Morgan fingerprint density at radius 2 is 1.69 bits per heavy atom. The Balaban J connectivity index is 1.84. The third kappa shape index (κ3) is 7.60. The Bertz CT molecular complexity index is 1160. The third-order valence-corrected chi connectivity index (χ3v) is 8.42. The van der Waals surface area contributed by atoms with E-state index in [-0.39, 0.29) is 34.2 Å². The van der Waals surface area contributed by atoms with Crippen molar-refractivity contribution in [2.75, 3.05) is 23.7 Å². The monoisotopic (exact) mass is 553 g/mol. The number of carbonyl (C=O) groups is 2. The maximum atomic E-state index is 13.6. The van der Waals surface area contributed by atoms with Crippen molar-refractivity contribution >= 4 is 50.7 Å². The molecule has 2 amide bonds. The number of nitrogens with one attached hydrogen (secondary N) is 1. The van der Waals surface area contributed by atoms with E-state index in [1.807, 2.05) is 30.3 Å². The maximum absolute atomic E-state index is 13.6. The lowest BCUT2D eigenvalue weighted by Crippen LogP contribution is -2.53. The van der Waals surface area contributed by atoms with Crippen LogP contribution in [0, 0.1) is 0 Å². The molecule has 0 radical (unpaired) electrons. The summed E-state index contributed by atoms with van der Waals surface area (Å²) in [6.07, 6.45) is 6.67. The molecular formula is C26H33Cl2N3O4S. The second-order valence-electron chi connectivity index (χ2n) is 9.18. The van der Waals surface area contributed by atoms with E-state index in [4.69, 9.17) is 23.2 Å². The largest absolute Gasteiger partial charge is 0.352 e. The highest BCUT2D eigenvalue weighted by molar-refractivity contribution is 7.92. The second kappa shape index (κ2) is 12.8. The van der Waals surface area contributed by atoms with E-state index in [2.05, 4.69) is 5.32 Å². The predicted octanol–water partition coefficient (Wildman–Crippen LogP) is 4.67. The number of carbonyl (C=O) groups excluding carboxylic acids is 2. The minimum Gasteiger partial charge on any atom is -0.352 e. The second-order valence-corrected chi connectivity index (χ2v) is 11.9. The number of nitrogens with zero attached hydrogens (tertiary/aromatic N) is 2. The number of sulfonamides is 1. The minimum absolute atomic E-state index is 0.0383. The van der Waals surface area contributed by atoms with Crippen LogP contribution in [-0.2, 0) is 26.0 Å². The van der Waals surface area contributed by atoms with Gasteiger partial charge in [0.2, 0.25) is 21.8 Å². The van der Waals surface area contributed by atoms with Crippen LogP contribution in [0.4, 0.5) is 5.69 Å². The fourth-order valence-corrected chi connectivity index (χ4v) is 5.72. The lowest BCUT2D eigenvalue weighted by atomic mass is 9.95. The molecule has 0 heterocycles. The Hall–Kier alpha value is -2.29. The summed E-state index contributed by atoms with van der Waals surface area (Å²) in [5.41, 5.74) is 1.12. The molecular weight excluding hydrogens is 521 g/mol. The van der Waals surface area contributed by atoms with E-state index in [1.165, 1.54) is 11.0 Å². The fourth-order valence-electron chi connectivity index (χ4n) is 4.42. The van der Waals surface area contributed by atoms with Crippen molar-refractivity contribution in [3.05, 3.63) is 64.1 Å². The molecule has 7 nitrogen and oxygen atoms in total. The molecule has 1 fully saturated rings. The van der Waals surface area contributed by atoms with E-state index in [0.717, 1.165) is 48.2 Å². The van der Waals surface area contributed by atoms with Crippen molar-refractivity contribution in [3.8, 4) is 0 Å². The molecule has 1 saturated carbocycles. The van der Waals surface area contributed by atoms with Crippen molar-refractivity contribution in [1.29, 1.82) is 0 Å². The van der Waals surface area contributed by atoms with E-state index in [0.29, 0.717) is 6.42 Å². The van der Waals surface area contributed by atoms with Crippen LogP contribution in [0.3, 0.4) is 0 Å². The van der Waals surface area contributed by atoms with Crippen LogP contribution in [0.5, 0.6) is 0 Å². The first-order valence-electron chi connectivity index (χ1n) is 12.1. The van der Waals surface area contributed by atoms with E-state index in [9.17, 15) is 18.0 Å². The van der Waals surface area contributed by atoms with E-state index in [1.54, 1.807) is 19.1 Å². The molecule has 196 valence electrons. The number of halogens is 2. The Morgan fingerprint density at radius 1 is 1.03 bits per heavy atom. The van der Waals surface area contributed by atoms with Crippen LogP contribution in [0.25, 0.3) is 0 Å². The first kappa shape index (κ1) is 28.3. The Labute approximate surface area is 223 Å². The number of benzene rings is 2. The summed E-state index contributed by atoms with van der Waals surface area (Å²) in [5, 5.41) is 3.30. The third-order valence-electron chi connectivity index (χ3n) is 6.48. The van der Waals surface area contributed by atoms with E-state index < -0.39 is 28.5 Å². The number of rotatable bonds is 10. The standard InChI is InChI=1S/C26H33Cl2N3O4S/c1-19(26(33)29-21-12-7-4-8-13-21)30(17-16-20-10-5-3-6-11-20)24(32)18-31(36(2,34)35)23-15-9-14-22(27)25(23)28/h3,5-6,9-11,14-15,19,21H,4,7-8,12-13,16-18H2,1-2H3,(H,29,33)/t19-/m0/s1. The van der Waals surface area contributed by atoms with Crippen LogP contribution in [0.2, 0.25) is 10.0 Å². The molecule has 0 aliphatic heterocycles. The molecule has 1 N–H and O–H groups in total. The molecule has 0 unspecified atom stereocenters. The quantitative estimate of drug-likeness (QED) is 0.463. The molecule has 36 heavy (non-hydrogen) atoms. The van der Waals surface area contributed by atoms with Gasteiger partial charge >= 0.3 is 0 Å². The van der Waals surface area contributed by atoms with Crippen molar-refractivity contribution in [1.82, 2.24) is 10.2 Å². The highest BCUT2D eigenvalue weighted by atomic mass is 35.5. The van der Waals surface area contributed by atoms with Gasteiger partial charge in [-0.05, 0) is 43.9 Å². The van der Waals surface area contributed by atoms with Crippen molar-refractivity contribution < 1.29 is 18.0 Å². The molecule has 0 bridgehead atoms.